The normalized spacial score (nSPS) is 14.7. The molecule has 0 aliphatic carbocycles. The Morgan fingerprint density at radius 2 is 1.89 bits per heavy atom. The predicted octanol–water partition coefficient (Wildman–Crippen LogP) is 2.22. The number of carbonyl (C=O) groups excluding carboxylic acids is 4. The number of hydrazine groups is 1. The molecule has 1 aromatic rings. The molecule has 0 bridgehead atoms. The molecule has 0 aromatic heterocycles. The molecule has 3 N–H and O–H groups in total. The van der Waals surface area contributed by atoms with E-state index in [4.69, 9.17) is 10.6 Å². The van der Waals surface area contributed by atoms with E-state index in [9.17, 15) is 19.2 Å². The van der Waals surface area contributed by atoms with Crippen LogP contribution in [0.5, 0.6) is 0 Å². The van der Waals surface area contributed by atoms with Gasteiger partial charge in [0, 0.05) is 12.0 Å². The minimum atomic E-state index is -1.01. The van der Waals surface area contributed by atoms with Crippen molar-refractivity contribution in [3.63, 3.8) is 0 Å². The first-order valence-electron chi connectivity index (χ1n) is 8.92. The van der Waals surface area contributed by atoms with Gasteiger partial charge in [0.2, 0.25) is 0 Å². The second-order valence-electron chi connectivity index (χ2n) is 6.22. The molecule has 1 heterocycles. The zero-order valence-electron chi connectivity index (χ0n) is 15.2. The molecule has 1 aliphatic rings. The van der Waals surface area contributed by atoms with Crippen molar-refractivity contribution in [3.05, 3.63) is 35.4 Å². The van der Waals surface area contributed by atoms with Gasteiger partial charge in [-0.25, -0.2) is 10.6 Å². The minimum absolute atomic E-state index is 0.0434. The van der Waals surface area contributed by atoms with E-state index in [1.54, 1.807) is 12.1 Å². The van der Waals surface area contributed by atoms with Gasteiger partial charge in [-0.05, 0) is 12.5 Å². The molecule has 8 heteroatoms. The topological polar surface area (TPSA) is 128 Å². The van der Waals surface area contributed by atoms with Crippen LogP contribution in [0, 0.1) is 5.92 Å². The summed E-state index contributed by atoms with van der Waals surface area (Å²) in [7, 11) is 0. The third-order valence-corrected chi connectivity index (χ3v) is 4.37. The van der Waals surface area contributed by atoms with Gasteiger partial charge in [-0.3, -0.25) is 19.8 Å². The van der Waals surface area contributed by atoms with Crippen LogP contribution >= 0.6 is 0 Å². The molecule has 1 aliphatic heterocycles. The average molecular weight is 373 g/mol. The zero-order chi connectivity index (χ0) is 19.8. The zero-order valence-corrected chi connectivity index (χ0v) is 15.2. The van der Waals surface area contributed by atoms with E-state index in [1.807, 2.05) is 12.3 Å². The number of unbranched alkanes of at least 4 members (excludes halogenated alkanes) is 2. The fourth-order valence-electron chi connectivity index (χ4n) is 2.95. The molecular weight excluding hydrogens is 350 g/mol. The highest BCUT2D eigenvalue weighted by atomic mass is 16.5. The first kappa shape index (κ1) is 20.4. The number of hydrogen-bond acceptors (Lipinski definition) is 6. The monoisotopic (exact) mass is 373 g/mol. The van der Waals surface area contributed by atoms with E-state index in [0.717, 1.165) is 12.8 Å². The van der Waals surface area contributed by atoms with Crippen molar-refractivity contribution in [2.45, 2.75) is 39.0 Å². The lowest BCUT2D eigenvalue weighted by Gasteiger charge is -2.19. The third kappa shape index (κ3) is 5.07. The number of ketones is 2. The molecule has 0 fully saturated rings. The van der Waals surface area contributed by atoms with Gasteiger partial charge in [0.1, 0.15) is 0 Å². The summed E-state index contributed by atoms with van der Waals surface area (Å²) in [5.41, 5.74) is 2.27. The Morgan fingerprint density at radius 1 is 1.19 bits per heavy atom. The summed E-state index contributed by atoms with van der Waals surface area (Å²) < 4.78 is 4.72. The van der Waals surface area contributed by atoms with Crippen molar-refractivity contribution in [1.82, 2.24) is 5.43 Å². The van der Waals surface area contributed by atoms with Crippen molar-refractivity contribution < 1.29 is 23.9 Å². The highest BCUT2D eigenvalue weighted by Crippen LogP contribution is 2.22. The molecule has 2 amide bonds. The van der Waals surface area contributed by atoms with Gasteiger partial charge in [0.05, 0.1) is 23.8 Å². The summed E-state index contributed by atoms with van der Waals surface area (Å²) in [4.78, 5) is 53.0. The Hall–Kier alpha value is -2.87. The lowest BCUT2D eigenvalue weighted by atomic mass is 9.84. The molecule has 1 atom stereocenters. The van der Waals surface area contributed by atoms with E-state index in [0.29, 0.717) is 12.8 Å². The number of nitrogens with two attached hydrogens (primary N) is 1. The van der Waals surface area contributed by atoms with E-state index in [-0.39, 0.29) is 29.9 Å². The molecular formula is C19H23N3O5. The van der Waals surface area contributed by atoms with Gasteiger partial charge in [-0.2, -0.15) is 4.99 Å². The summed E-state index contributed by atoms with van der Waals surface area (Å²) in [5, 5.41) is 0. The van der Waals surface area contributed by atoms with Gasteiger partial charge in [-0.15, -0.1) is 0 Å². The lowest BCUT2D eigenvalue weighted by molar-refractivity contribution is -0.115. The lowest BCUT2D eigenvalue weighted by Crippen LogP contribution is -2.35. The van der Waals surface area contributed by atoms with E-state index in [2.05, 4.69) is 4.99 Å². The number of nitrogens with one attached hydrogen (secondary N) is 1. The van der Waals surface area contributed by atoms with Crippen LogP contribution < -0.4 is 11.3 Å². The third-order valence-electron chi connectivity index (χ3n) is 4.37. The van der Waals surface area contributed by atoms with Crippen LogP contribution in [0.1, 0.15) is 59.7 Å². The number of aliphatic imine (C=N–C) groups is 1. The molecule has 27 heavy (non-hydrogen) atoms. The number of benzene rings is 1. The molecule has 2 rings (SSSR count). The number of nitrogen functional groups attached to an aromatic ring is 1. The fraction of sp³-hybridized carbons (Fsp3) is 0.421. The predicted molar refractivity (Wildman–Crippen MR) is 98.5 cm³/mol. The number of cyclic esters (lactones) is 1. The standard InChI is InChI=1S/C19H23N3O5/c1-2-3-4-9-14(17(24)15-10-11-27-19(26)21-15)16(23)12-7-5-6-8-13(12)18(25)22-20/h5-8,14H,2-4,9-11,20H2,1H3,(H,22,25)/t14-/m0/s1. The van der Waals surface area contributed by atoms with Gasteiger partial charge < -0.3 is 4.74 Å². The maximum Gasteiger partial charge on any atom is 0.433 e. The number of carbonyl (C=O) groups is 4. The number of hydrogen-bond donors (Lipinski definition) is 2. The molecule has 0 spiro atoms. The smallest absolute Gasteiger partial charge is 0.433 e. The number of amides is 2. The molecule has 0 saturated heterocycles. The molecule has 1 aromatic carbocycles. The van der Waals surface area contributed by atoms with Crippen LogP contribution in [0.4, 0.5) is 4.79 Å². The Kier molecular flexibility index (Phi) is 7.36. The highest BCUT2D eigenvalue weighted by Gasteiger charge is 2.33. The maximum atomic E-state index is 13.1. The summed E-state index contributed by atoms with van der Waals surface area (Å²) in [6, 6.07) is 6.18. The Labute approximate surface area is 157 Å². The van der Waals surface area contributed by atoms with Crippen LogP contribution in [0.15, 0.2) is 29.3 Å². The first-order chi connectivity index (χ1) is 13.0. The molecule has 0 radical (unpaired) electrons. The van der Waals surface area contributed by atoms with Crippen LogP contribution in [0.25, 0.3) is 0 Å². The van der Waals surface area contributed by atoms with E-state index >= 15 is 0 Å². The van der Waals surface area contributed by atoms with Gasteiger partial charge >= 0.3 is 6.09 Å². The number of Topliss-reactive ketones (excluding diaryl/α,β-unsaturated/α-hetero) is 2. The SMILES string of the molecule is CCCCC[C@H](C(=O)C1=NC(=O)OCC1)C(=O)c1ccccc1C(=O)NN. The largest absolute Gasteiger partial charge is 0.448 e. The van der Waals surface area contributed by atoms with Crippen LogP contribution in [-0.4, -0.2) is 35.9 Å². The van der Waals surface area contributed by atoms with Crippen LogP contribution in [-0.2, 0) is 9.53 Å². The Bertz CT molecular complexity index is 772. The van der Waals surface area contributed by atoms with Crippen LogP contribution in [0.3, 0.4) is 0 Å². The van der Waals surface area contributed by atoms with Crippen molar-refractivity contribution in [3.8, 4) is 0 Å². The molecule has 0 unspecified atom stereocenters. The number of rotatable bonds is 9. The Morgan fingerprint density at radius 3 is 2.52 bits per heavy atom. The number of ether oxygens (including phenoxy) is 1. The minimum Gasteiger partial charge on any atom is -0.448 e. The maximum absolute atomic E-state index is 13.1. The van der Waals surface area contributed by atoms with Crippen LogP contribution in [0.2, 0.25) is 0 Å². The molecule has 144 valence electrons. The molecule has 0 saturated carbocycles. The second-order valence-corrected chi connectivity index (χ2v) is 6.22. The summed E-state index contributed by atoms with van der Waals surface area (Å²) in [6.45, 7) is 2.08. The fourth-order valence-corrected chi connectivity index (χ4v) is 2.95. The van der Waals surface area contributed by atoms with Crippen molar-refractivity contribution >= 4 is 29.3 Å². The van der Waals surface area contributed by atoms with Crippen molar-refractivity contribution in [2.75, 3.05) is 6.61 Å². The average Bonchev–Trinajstić information content (AvgIpc) is 2.69. The molecule has 8 nitrogen and oxygen atoms in total. The highest BCUT2D eigenvalue weighted by molar-refractivity contribution is 6.46. The first-order valence-corrected chi connectivity index (χ1v) is 8.92. The van der Waals surface area contributed by atoms with E-state index in [1.165, 1.54) is 12.1 Å². The number of nitrogens with zero attached hydrogens (tertiary/aromatic N) is 1. The Balaban J connectivity index is 2.36. The second kappa shape index (κ2) is 9.72. The quantitative estimate of drug-likeness (QED) is 0.171. The van der Waals surface area contributed by atoms with Crippen molar-refractivity contribution in [2.24, 2.45) is 16.8 Å². The summed E-state index contributed by atoms with van der Waals surface area (Å²) in [5.74, 6) is 2.61. The summed E-state index contributed by atoms with van der Waals surface area (Å²) >= 11 is 0. The van der Waals surface area contributed by atoms with E-state index < -0.39 is 29.5 Å². The van der Waals surface area contributed by atoms with Gasteiger partial charge in [0.15, 0.2) is 11.6 Å². The van der Waals surface area contributed by atoms with Gasteiger partial charge in [0.25, 0.3) is 5.91 Å². The summed E-state index contributed by atoms with van der Waals surface area (Å²) in [6.07, 6.45) is 2.12. The van der Waals surface area contributed by atoms with Gasteiger partial charge in [-0.1, -0.05) is 44.4 Å². The van der Waals surface area contributed by atoms with Crippen molar-refractivity contribution in [1.29, 1.82) is 0 Å².